The van der Waals surface area contributed by atoms with E-state index in [2.05, 4.69) is 0 Å². The van der Waals surface area contributed by atoms with Crippen LogP contribution in [0, 0.1) is 10.1 Å². The zero-order valence-electron chi connectivity index (χ0n) is 7.54. The Morgan fingerprint density at radius 2 is 2.21 bits per heavy atom. The molecule has 0 amide bonds. The Kier molecular flexibility index (Phi) is 3.41. The van der Waals surface area contributed by atoms with Gasteiger partial charge in [-0.15, -0.1) is 0 Å². The summed E-state index contributed by atoms with van der Waals surface area (Å²) >= 11 is 5.67. The van der Waals surface area contributed by atoms with Gasteiger partial charge in [-0.05, 0) is 11.6 Å². The van der Waals surface area contributed by atoms with Gasteiger partial charge in [-0.1, -0.05) is 18.5 Å². The predicted molar refractivity (Wildman–Crippen MR) is 52.5 cm³/mol. The second-order valence-corrected chi connectivity index (χ2v) is 3.49. The van der Waals surface area contributed by atoms with Crippen molar-refractivity contribution in [2.24, 2.45) is 0 Å². The molecule has 0 aliphatic heterocycles. The molecule has 1 rings (SSSR count). The molecule has 1 unspecified atom stereocenters. The monoisotopic (exact) mass is 217 g/mol. The van der Waals surface area contributed by atoms with Crippen LogP contribution < -0.4 is 0 Å². The molecule has 0 radical (unpaired) electrons. The maximum absolute atomic E-state index is 12.3. The molecule has 0 heterocycles. The lowest BCUT2D eigenvalue weighted by Gasteiger charge is -2.06. The minimum atomic E-state index is -0.558. The van der Waals surface area contributed by atoms with Gasteiger partial charge in [0, 0.05) is 23.1 Å². The van der Waals surface area contributed by atoms with E-state index in [1.807, 2.05) is 0 Å². The first kappa shape index (κ1) is 10.9. The molecule has 0 aliphatic rings. The molecule has 76 valence electrons. The molecule has 0 saturated heterocycles. The first-order valence-electron chi connectivity index (χ1n) is 4.05. The quantitative estimate of drug-likeness (QED) is 0.576. The lowest BCUT2D eigenvalue weighted by Crippen LogP contribution is -1.97. The van der Waals surface area contributed by atoms with Crippen LogP contribution in [-0.2, 0) is 0 Å². The van der Waals surface area contributed by atoms with Gasteiger partial charge in [-0.3, -0.25) is 14.5 Å². The van der Waals surface area contributed by atoms with Gasteiger partial charge in [0.05, 0.1) is 11.6 Å². The summed E-state index contributed by atoms with van der Waals surface area (Å²) in [6, 6.07) is 4.13. The van der Waals surface area contributed by atoms with E-state index in [-0.39, 0.29) is 16.6 Å². The number of nitro groups is 1. The van der Waals surface area contributed by atoms with E-state index in [1.165, 1.54) is 12.1 Å². The third-order valence-electron chi connectivity index (χ3n) is 1.92. The molecule has 0 N–H and O–H groups in total. The van der Waals surface area contributed by atoms with Gasteiger partial charge in [0.15, 0.2) is 0 Å². The number of hydrogen-bond acceptors (Lipinski definition) is 2. The van der Waals surface area contributed by atoms with Gasteiger partial charge in [0.25, 0.3) is 5.69 Å². The molecule has 0 saturated carbocycles. The zero-order valence-corrected chi connectivity index (χ0v) is 8.29. The fourth-order valence-electron chi connectivity index (χ4n) is 1.08. The SMILES string of the molecule is CC(CF)c1cc(Cl)cc([N+](=O)[O-])c1. The van der Waals surface area contributed by atoms with Gasteiger partial charge < -0.3 is 0 Å². The van der Waals surface area contributed by atoms with E-state index >= 15 is 0 Å². The highest BCUT2D eigenvalue weighted by Crippen LogP contribution is 2.25. The molecule has 0 aromatic heterocycles. The first-order valence-corrected chi connectivity index (χ1v) is 4.43. The molecule has 0 fully saturated rings. The summed E-state index contributed by atoms with van der Waals surface area (Å²) in [7, 11) is 0. The van der Waals surface area contributed by atoms with Crippen LogP contribution in [0.3, 0.4) is 0 Å². The maximum Gasteiger partial charge on any atom is 0.271 e. The van der Waals surface area contributed by atoms with E-state index in [0.717, 1.165) is 0 Å². The molecule has 1 atom stereocenters. The van der Waals surface area contributed by atoms with Crippen LogP contribution in [0.15, 0.2) is 18.2 Å². The fraction of sp³-hybridized carbons (Fsp3) is 0.333. The number of nitro benzene ring substituents is 1. The van der Waals surface area contributed by atoms with Crippen LogP contribution in [-0.4, -0.2) is 11.6 Å². The van der Waals surface area contributed by atoms with Crippen LogP contribution in [0.5, 0.6) is 0 Å². The Morgan fingerprint density at radius 3 is 2.71 bits per heavy atom. The molecule has 3 nitrogen and oxygen atoms in total. The van der Waals surface area contributed by atoms with Gasteiger partial charge in [0.2, 0.25) is 0 Å². The van der Waals surface area contributed by atoms with Crippen molar-refractivity contribution in [2.45, 2.75) is 12.8 Å². The number of halogens is 2. The minimum Gasteiger partial charge on any atom is -0.258 e. The van der Waals surface area contributed by atoms with Crippen LogP contribution in [0.1, 0.15) is 18.4 Å². The molecule has 0 bridgehead atoms. The van der Waals surface area contributed by atoms with Crippen molar-refractivity contribution in [1.82, 2.24) is 0 Å². The Labute approximate surface area is 85.6 Å². The maximum atomic E-state index is 12.3. The lowest BCUT2D eigenvalue weighted by molar-refractivity contribution is -0.384. The minimum absolute atomic E-state index is 0.104. The van der Waals surface area contributed by atoms with Crippen molar-refractivity contribution in [2.75, 3.05) is 6.67 Å². The summed E-state index contributed by atoms with van der Waals surface area (Å²) in [5.41, 5.74) is 0.444. The Morgan fingerprint density at radius 1 is 1.57 bits per heavy atom. The molecule has 1 aromatic carbocycles. The highest BCUT2D eigenvalue weighted by Gasteiger charge is 2.12. The molecule has 0 aliphatic carbocycles. The number of hydrogen-bond donors (Lipinski definition) is 0. The number of rotatable bonds is 3. The van der Waals surface area contributed by atoms with Crippen molar-refractivity contribution in [1.29, 1.82) is 0 Å². The van der Waals surface area contributed by atoms with Crippen molar-refractivity contribution >= 4 is 17.3 Å². The average Bonchev–Trinajstić information content (AvgIpc) is 2.15. The molecule has 5 heteroatoms. The molecular formula is C9H9ClFNO2. The van der Waals surface area contributed by atoms with Crippen molar-refractivity contribution in [3.63, 3.8) is 0 Å². The molecule has 0 spiro atoms. The third kappa shape index (κ3) is 2.42. The smallest absolute Gasteiger partial charge is 0.258 e. The van der Waals surface area contributed by atoms with Gasteiger partial charge in [-0.25, -0.2) is 0 Å². The van der Waals surface area contributed by atoms with Crippen molar-refractivity contribution in [3.05, 3.63) is 38.9 Å². The average molecular weight is 218 g/mol. The normalized spacial score (nSPS) is 12.5. The van der Waals surface area contributed by atoms with E-state index in [9.17, 15) is 14.5 Å². The fourth-order valence-corrected chi connectivity index (χ4v) is 1.31. The summed E-state index contributed by atoms with van der Waals surface area (Å²) in [6.07, 6.45) is 0. The number of non-ortho nitro benzene ring substituents is 1. The lowest BCUT2D eigenvalue weighted by atomic mass is 10.0. The van der Waals surface area contributed by atoms with E-state index in [1.54, 1.807) is 13.0 Å². The predicted octanol–water partition coefficient (Wildman–Crippen LogP) is 3.32. The largest absolute Gasteiger partial charge is 0.271 e. The van der Waals surface area contributed by atoms with E-state index in [4.69, 9.17) is 11.6 Å². The summed E-state index contributed by atoms with van der Waals surface area (Å²) in [6.45, 7) is 1.09. The zero-order chi connectivity index (χ0) is 10.7. The van der Waals surface area contributed by atoms with Gasteiger partial charge in [-0.2, -0.15) is 0 Å². The van der Waals surface area contributed by atoms with Crippen molar-refractivity contribution < 1.29 is 9.31 Å². The second kappa shape index (κ2) is 4.37. The molecule has 1 aromatic rings. The Balaban J connectivity index is 3.13. The van der Waals surface area contributed by atoms with Crippen LogP contribution >= 0.6 is 11.6 Å². The summed E-state index contributed by atoms with van der Waals surface area (Å²) < 4.78 is 12.3. The summed E-state index contributed by atoms with van der Waals surface area (Å²) in [4.78, 5) is 9.93. The number of alkyl halides is 1. The second-order valence-electron chi connectivity index (χ2n) is 3.06. The first-order chi connectivity index (χ1) is 6.54. The van der Waals surface area contributed by atoms with Crippen molar-refractivity contribution in [3.8, 4) is 0 Å². The third-order valence-corrected chi connectivity index (χ3v) is 2.13. The number of nitrogens with zero attached hydrogens (tertiary/aromatic N) is 1. The molecular weight excluding hydrogens is 209 g/mol. The Hall–Kier alpha value is -1.16. The van der Waals surface area contributed by atoms with Crippen LogP contribution in [0.25, 0.3) is 0 Å². The number of benzene rings is 1. The highest BCUT2D eigenvalue weighted by molar-refractivity contribution is 6.30. The molecule has 14 heavy (non-hydrogen) atoms. The van der Waals surface area contributed by atoms with Gasteiger partial charge >= 0.3 is 0 Å². The topological polar surface area (TPSA) is 43.1 Å². The standard InChI is InChI=1S/C9H9ClFNO2/c1-6(5-11)7-2-8(10)4-9(3-7)12(13)14/h2-4,6H,5H2,1H3. The summed E-state index contributed by atoms with van der Waals surface area (Å²) in [5.74, 6) is -0.368. The Bertz CT molecular complexity index is 357. The summed E-state index contributed by atoms with van der Waals surface area (Å²) in [5, 5.41) is 10.7. The van der Waals surface area contributed by atoms with Crippen LogP contribution in [0.2, 0.25) is 5.02 Å². The van der Waals surface area contributed by atoms with E-state index in [0.29, 0.717) is 5.56 Å². The van der Waals surface area contributed by atoms with Crippen LogP contribution in [0.4, 0.5) is 10.1 Å². The van der Waals surface area contributed by atoms with Gasteiger partial charge in [0.1, 0.15) is 0 Å². The van der Waals surface area contributed by atoms with E-state index < -0.39 is 11.6 Å². The highest BCUT2D eigenvalue weighted by atomic mass is 35.5.